The Labute approximate surface area is 115 Å². The van der Waals surface area contributed by atoms with Gasteiger partial charge in [-0.1, -0.05) is 0 Å². The summed E-state index contributed by atoms with van der Waals surface area (Å²) < 4.78 is 58.4. The maximum Gasteiger partial charge on any atom is 0.392 e. The molecule has 0 aliphatic heterocycles. The van der Waals surface area contributed by atoms with Gasteiger partial charge in [-0.05, 0) is 0 Å². The number of esters is 1. The van der Waals surface area contributed by atoms with E-state index in [1.165, 1.54) is 0 Å². The zero-order valence-electron chi connectivity index (χ0n) is 10.6. The van der Waals surface area contributed by atoms with Crippen LogP contribution in [0.2, 0.25) is 0 Å². The van der Waals surface area contributed by atoms with Gasteiger partial charge in [-0.15, -0.1) is 0 Å². The van der Waals surface area contributed by atoms with Gasteiger partial charge in [-0.25, -0.2) is 9.18 Å². The molecule has 0 atom stereocenters. The summed E-state index contributed by atoms with van der Waals surface area (Å²) in [6.45, 7) is -0.906. The molecule has 0 aliphatic carbocycles. The van der Waals surface area contributed by atoms with Crippen molar-refractivity contribution in [1.82, 2.24) is 0 Å². The summed E-state index contributed by atoms with van der Waals surface area (Å²) in [5, 5.41) is 10.7. The molecule has 0 radical (unpaired) electrons. The summed E-state index contributed by atoms with van der Waals surface area (Å²) in [5.41, 5.74) is -1.56. The van der Waals surface area contributed by atoms with Crippen molar-refractivity contribution in [3.63, 3.8) is 0 Å². The van der Waals surface area contributed by atoms with Gasteiger partial charge in [0.1, 0.15) is 5.82 Å². The first-order valence-electron chi connectivity index (χ1n) is 5.41. The maximum absolute atomic E-state index is 13.5. The number of nitro benzene ring substituents is 1. The number of nitro groups is 1. The minimum atomic E-state index is -4.51. The second-order valence-corrected chi connectivity index (χ2v) is 3.76. The van der Waals surface area contributed by atoms with Gasteiger partial charge in [-0.2, -0.15) is 13.2 Å². The third-order valence-corrected chi connectivity index (χ3v) is 2.29. The fourth-order valence-corrected chi connectivity index (χ4v) is 1.34. The number of nitrogens with zero attached hydrogens (tertiary/aromatic N) is 1. The van der Waals surface area contributed by atoms with Crippen molar-refractivity contribution >= 4 is 11.7 Å². The van der Waals surface area contributed by atoms with Gasteiger partial charge in [0.05, 0.1) is 36.7 Å². The number of hydrogen-bond donors (Lipinski definition) is 0. The lowest BCUT2D eigenvalue weighted by atomic mass is 10.1. The number of halogens is 4. The number of carbonyl (C=O) groups excluding carboxylic acids is 1. The van der Waals surface area contributed by atoms with Crippen LogP contribution in [0.5, 0.6) is 5.75 Å². The average molecular weight is 311 g/mol. The van der Waals surface area contributed by atoms with Gasteiger partial charge >= 0.3 is 17.8 Å². The van der Waals surface area contributed by atoms with Crippen molar-refractivity contribution in [3.05, 3.63) is 33.6 Å². The molecule has 0 aromatic heterocycles. The van der Waals surface area contributed by atoms with Crippen LogP contribution in [0.15, 0.2) is 12.1 Å². The largest absolute Gasteiger partial charge is 0.486 e. The molecule has 0 spiro atoms. The van der Waals surface area contributed by atoms with Gasteiger partial charge in [0.25, 0.3) is 0 Å². The Bertz CT molecular complexity index is 558. The molecule has 0 N–H and O–H groups in total. The molecular weight excluding hydrogens is 302 g/mol. The van der Waals surface area contributed by atoms with Crippen molar-refractivity contribution in [2.45, 2.75) is 12.6 Å². The highest BCUT2D eigenvalue weighted by atomic mass is 19.4. The van der Waals surface area contributed by atoms with Crippen LogP contribution in [0.1, 0.15) is 16.8 Å². The Morgan fingerprint density at radius 2 is 2.00 bits per heavy atom. The third-order valence-electron chi connectivity index (χ3n) is 2.29. The number of carbonyl (C=O) groups is 1. The normalized spacial score (nSPS) is 11.1. The molecule has 116 valence electrons. The molecule has 10 heteroatoms. The average Bonchev–Trinajstić information content (AvgIpc) is 2.37. The quantitative estimate of drug-likeness (QED) is 0.361. The molecule has 0 fully saturated rings. The fourth-order valence-electron chi connectivity index (χ4n) is 1.34. The molecule has 0 amide bonds. The Morgan fingerprint density at radius 1 is 1.38 bits per heavy atom. The van der Waals surface area contributed by atoms with E-state index in [1.54, 1.807) is 0 Å². The van der Waals surface area contributed by atoms with Gasteiger partial charge in [0.15, 0.2) is 5.75 Å². The van der Waals surface area contributed by atoms with Crippen LogP contribution < -0.4 is 4.74 Å². The second kappa shape index (κ2) is 6.37. The smallest absolute Gasteiger partial charge is 0.392 e. The van der Waals surface area contributed by atoms with E-state index in [1.807, 2.05) is 0 Å². The van der Waals surface area contributed by atoms with E-state index >= 15 is 0 Å². The van der Waals surface area contributed by atoms with E-state index in [0.29, 0.717) is 12.1 Å². The molecule has 0 saturated carbocycles. The topological polar surface area (TPSA) is 78.7 Å². The first-order valence-corrected chi connectivity index (χ1v) is 5.41. The van der Waals surface area contributed by atoms with Gasteiger partial charge in [-0.3, -0.25) is 10.1 Å². The molecule has 0 heterocycles. The Morgan fingerprint density at radius 3 is 2.48 bits per heavy atom. The molecular formula is C11H9F4NO5. The highest BCUT2D eigenvalue weighted by Gasteiger charge is 2.28. The standard InChI is InChI=1S/C11H9F4NO5/c1-20-10(17)6-4-9(21-3-2-11(13,14)15)8(16(18)19)5-7(6)12/h4-5H,2-3H2,1H3. The molecule has 0 saturated heterocycles. The van der Waals surface area contributed by atoms with Crippen LogP contribution in [0, 0.1) is 15.9 Å². The van der Waals surface area contributed by atoms with E-state index < -0.39 is 52.9 Å². The van der Waals surface area contributed by atoms with Crippen molar-refractivity contribution in [1.29, 1.82) is 0 Å². The van der Waals surface area contributed by atoms with Gasteiger partial charge in [0, 0.05) is 6.07 Å². The highest BCUT2D eigenvalue weighted by molar-refractivity contribution is 5.90. The van der Waals surface area contributed by atoms with Crippen LogP contribution in [-0.4, -0.2) is 30.8 Å². The van der Waals surface area contributed by atoms with Crippen molar-refractivity contribution < 1.29 is 36.8 Å². The summed E-state index contributed by atoms with van der Waals surface area (Å²) in [4.78, 5) is 20.9. The van der Waals surface area contributed by atoms with Crippen molar-refractivity contribution in [2.75, 3.05) is 13.7 Å². The minimum Gasteiger partial charge on any atom is -0.486 e. The number of methoxy groups -OCH3 is 1. The van der Waals surface area contributed by atoms with Crippen LogP contribution in [0.4, 0.5) is 23.2 Å². The van der Waals surface area contributed by atoms with Crippen molar-refractivity contribution in [3.8, 4) is 5.75 Å². The van der Waals surface area contributed by atoms with E-state index in [-0.39, 0.29) is 0 Å². The van der Waals surface area contributed by atoms with E-state index in [4.69, 9.17) is 0 Å². The summed E-state index contributed by atoms with van der Waals surface area (Å²) in [5.74, 6) is -3.02. The summed E-state index contributed by atoms with van der Waals surface area (Å²) >= 11 is 0. The number of rotatable bonds is 5. The minimum absolute atomic E-state index is 0.384. The maximum atomic E-state index is 13.5. The summed E-state index contributed by atoms with van der Waals surface area (Å²) in [6, 6.07) is 1.02. The predicted molar refractivity (Wildman–Crippen MR) is 60.6 cm³/mol. The van der Waals surface area contributed by atoms with E-state index in [9.17, 15) is 32.5 Å². The van der Waals surface area contributed by atoms with Gasteiger partial charge < -0.3 is 9.47 Å². The number of hydrogen-bond acceptors (Lipinski definition) is 5. The lowest BCUT2D eigenvalue weighted by Gasteiger charge is -2.10. The SMILES string of the molecule is COC(=O)c1cc(OCCC(F)(F)F)c([N+](=O)[O-])cc1F. The van der Waals surface area contributed by atoms with Crippen LogP contribution in [-0.2, 0) is 4.74 Å². The molecule has 1 rings (SSSR count). The fraction of sp³-hybridized carbons (Fsp3) is 0.364. The molecule has 0 unspecified atom stereocenters. The second-order valence-electron chi connectivity index (χ2n) is 3.76. The first-order chi connectivity index (χ1) is 9.65. The molecule has 1 aromatic carbocycles. The molecule has 1 aromatic rings. The number of alkyl halides is 3. The Kier molecular flexibility index (Phi) is 5.06. The Balaban J connectivity index is 3.09. The first kappa shape index (κ1) is 16.7. The van der Waals surface area contributed by atoms with Crippen LogP contribution in [0.25, 0.3) is 0 Å². The highest BCUT2D eigenvalue weighted by Crippen LogP contribution is 2.31. The zero-order valence-corrected chi connectivity index (χ0v) is 10.6. The number of benzene rings is 1. The molecule has 6 nitrogen and oxygen atoms in total. The number of ether oxygens (including phenoxy) is 2. The van der Waals surface area contributed by atoms with Crippen LogP contribution in [0.3, 0.4) is 0 Å². The lowest BCUT2D eigenvalue weighted by Crippen LogP contribution is -2.14. The summed E-state index contributed by atoms with van der Waals surface area (Å²) in [6.07, 6.45) is -5.87. The molecule has 0 aliphatic rings. The predicted octanol–water partition coefficient (Wildman–Crippen LogP) is 2.85. The van der Waals surface area contributed by atoms with Gasteiger partial charge in [0.2, 0.25) is 0 Å². The molecule has 0 bridgehead atoms. The van der Waals surface area contributed by atoms with E-state index in [0.717, 1.165) is 7.11 Å². The zero-order chi connectivity index (χ0) is 16.2. The van der Waals surface area contributed by atoms with Crippen LogP contribution >= 0.6 is 0 Å². The van der Waals surface area contributed by atoms with Crippen molar-refractivity contribution in [2.24, 2.45) is 0 Å². The molecule has 21 heavy (non-hydrogen) atoms. The Hall–Kier alpha value is -2.39. The monoisotopic (exact) mass is 311 g/mol. The lowest BCUT2D eigenvalue weighted by molar-refractivity contribution is -0.386. The van der Waals surface area contributed by atoms with E-state index in [2.05, 4.69) is 9.47 Å². The third kappa shape index (κ3) is 4.58. The summed E-state index contributed by atoms with van der Waals surface area (Å²) in [7, 11) is 0.952.